The summed E-state index contributed by atoms with van der Waals surface area (Å²) in [5.74, 6) is 0. The van der Waals surface area contributed by atoms with Gasteiger partial charge in [-0.1, -0.05) is 0 Å². The molecule has 0 saturated carbocycles. The molecule has 0 aromatic carbocycles. The predicted octanol–water partition coefficient (Wildman–Crippen LogP) is -3.17. The van der Waals surface area contributed by atoms with Crippen molar-refractivity contribution in [1.82, 2.24) is 0 Å². The lowest BCUT2D eigenvalue weighted by Crippen LogP contribution is -2.45. The van der Waals surface area contributed by atoms with Gasteiger partial charge in [0.05, 0.1) is 0 Å². The van der Waals surface area contributed by atoms with Crippen molar-refractivity contribution in [2.75, 3.05) is 0 Å². The average Bonchev–Trinajstić information content (AvgIpc) is 2.12. The van der Waals surface area contributed by atoms with E-state index in [1.807, 2.05) is 0 Å². The topological polar surface area (TPSA) is 115 Å². The lowest BCUT2D eigenvalue weighted by atomic mass is 10.1. The fraction of sp³-hybridized carbons (Fsp3) is 0.667. The van der Waals surface area contributed by atoms with E-state index in [4.69, 9.17) is 20.4 Å². The average molecular weight is 178 g/mol. The van der Waals surface area contributed by atoms with Gasteiger partial charge in [0.1, 0.15) is 24.4 Å². The van der Waals surface area contributed by atoms with E-state index in [0.29, 0.717) is 0 Å². The van der Waals surface area contributed by atoms with Gasteiger partial charge < -0.3 is 30.0 Å². The highest BCUT2D eigenvalue weighted by atomic mass is 16.4. The van der Waals surface area contributed by atoms with Crippen LogP contribution in [0.5, 0.6) is 0 Å². The van der Waals surface area contributed by atoms with Gasteiger partial charge in [-0.3, -0.25) is 0 Å². The van der Waals surface area contributed by atoms with Crippen LogP contribution in [0.4, 0.5) is 0 Å². The van der Waals surface area contributed by atoms with Crippen molar-refractivity contribution in [3.63, 3.8) is 0 Å². The van der Waals surface area contributed by atoms with Crippen LogP contribution in [0.2, 0.25) is 0 Å². The minimum Gasteiger partial charge on any atom is -0.387 e. The van der Waals surface area contributed by atoms with E-state index in [-0.39, 0.29) is 12.6 Å². The van der Waals surface area contributed by atoms with Crippen LogP contribution in [0.3, 0.4) is 0 Å². The quantitative estimate of drug-likeness (QED) is 0.330. The maximum atomic E-state index is 9.87. The van der Waals surface area contributed by atoms with E-state index in [2.05, 4.69) is 0 Å². The van der Waals surface area contributed by atoms with Crippen molar-refractivity contribution < 1.29 is 30.0 Å². The fourth-order valence-electron chi connectivity index (χ4n) is 0.565. The normalized spacial score (nSPS) is 20.7. The number of aliphatic hydroxyl groups excluding tert-OH is 4. The molecule has 0 aromatic heterocycles. The molecule has 0 heterocycles. The summed E-state index contributed by atoms with van der Waals surface area (Å²) in [5.41, 5.74) is 0. The number of rotatable bonds is 5. The highest BCUT2D eigenvalue weighted by Gasteiger charge is 2.29. The Morgan fingerprint density at radius 2 is 1.00 bits per heavy atom. The maximum absolute atomic E-state index is 9.87. The van der Waals surface area contributed by atoms with Crippen molar-refractivity contribution in [3.05, 3.63) is 0 Å². The number of hydrogen-bond donors (Lipinski definition) is 4. The molecule has 0 radical (unpaired) electrons. The number of aldehydes is 2. The largest absolute Gasteiger partial charge is 0.387 e. The lowest BCUT2D eigenvalue weighted by Gasteiger charge is -2.20. The summed E-state index contributed by atoms with van der Waals surface area (Å²) in [6, 6.07) is 0. The van der Waals surface area contributed by atoms with Gasteiger partial charge in [0.25, 0.3) is 0 Å². The van der Waals surface area contributed by atoms with Crippen LogP contribution in [0.25, 0.3) is 0 Å². The van der Waals surface area contributed by atoms with Gasteiger partial charge in [-0.05, 0) is 0 Å². The number of aliphatic hydroxyl groups is 4. The molecule has 0 aliphatic carbocycles. The molecule has 0 fully saturated rings. The van der Waals surface area contributed by atoms with Crippen LogP contribution in [-0.2, 0) is 9.59 Å². The van der Waals surface area contributed by atoms with Crippen LogP contribution < -0.4 is 0 Å². The number of carbonyl (C=O) groups is 2. The van der Waals surface area contributed by atoms with Crippen molar-refractivity contribution in [3.8, 4) is 0 Å². The van der Waals surface area contributed by atoms with Crippen LogP contribution in [0.15, 0.2) is 0 Å². The van der Waals surface area contributed by atoms with Crippen LogP contribution in [0.1, 0.15) is 0 Å². The summed E-state index contributed by atoms with van der Waals surface area (Å²) in [5, 5.41) is 34.9. The zero-order valence-corrected chi connectivity index (χ0v) is 6.07. The summed E-state index contributed by atoms with van der Waals surface area (Å²) in [6.45, 7) is 0. The molecular formula is C6H10O6. The molecule has 0 saturated heterocycles. The molecule has 0 aliphatic heterocycles. The Morgan fingerprint density at radius 3 is 1.17 bits per heavy atom. The summed E-state index contributed by atoms with van der Waals surface area (Å²) in [7, 11) is 0. The Bertz CT molecular complexity index is 140. The lowest BCUT2D eigenvalue weighted by molar-refractivity contribution is -0.140. The molecule has 6 nitrogen and oxygen atoms in total. The van der Waals surface area contributed by atoms with Gasteiger partial charge in [0.15, 0.2) is 12.6 Å². The third-order valence-electron chi connectivity index (χ3n) is 1.33. The summed E-state index contributed by atoms with van der Waals surface area (Å²) in [6.07, 6.45) is -7.36. The van der Waals surface area contributed by atoms with Crippen molar-refractivity contribution in [1.29, 1.82) is 0 Å². The second-order valence-corrected chi connectivity index (χ2v) is 2.23. The van der Waals surface area contributed by atoms with Crippen LogP contribution in [0, 0.1) is 0 Å². The van der Waals surface area contributed by atoms with E-state index >= 15 is 0 Å². The van der Waals surface area contributed by atoms with Crippen molar-refractivity contribution in [2.45, 2.75) is 24.4 Å². The van der Waals surface area contributed by atoms with Gasteiger partial charge in [0.2, 0.25) is 0 Å². The SMILES string of the molecule is O=CC(O)[C@@H](O)[C@H](O)[C@@H](O)C=O. The van der Waals surface area contributed by atoms with E-state index in [9.17, 15) is 9.59 Å². The van der Waals surface area contributed by atoms with Gasteiger partial charge >= 0.3 is 0 Å². The first-order valence-corrected chi connectivity index (χ1v) is 3.17. The Balaban J connectivity index is 4.16. The zero-order chi connectivity index (χ0) is 9.72. The van der Waals surface area contributed by atoms with Gasteiger partial charge in [-0.2, -0.15) is 0 Å². The first-order valence-electron chi connectivity index (χ1n) is 3.17. The van der Waals surface area contributed by atoms with Crippen LogP contribution in [-0.4, -0.2) is 57.4 Å². The molecule has 4 N–H and O–H groups in total. The first-order chi connectivity index (χ1) is 5.54. The smallest absolute Gasteiger partial charge is 0.151 e. The van der Waals surface area contributed by atoms with Crippen LogP contribution >= 0.6 is 0 Å². The zero-order valence-electron chi connectivity index (χ0n) is 6.07. The van der Waals surface area contributed by atoms with Gasteiger partial charge in [-0.25, -0.2) is 0 Å². The highest BCUT2D eigenvalue weighted by molar-refractivity contribution is 5.59. The molecule has 4 atom stereocenters. The van der Waals surface area contributed by atoms with E-state index < -0.39 is 24.4 Å². The Labute approximate surface area is 68.1 Å². The molecular weight excluding hydrogens is 168 g/mol. The third kappa shape index (κ3) is 2.67. The van der Waals surface area contributed by atoms with E-state index in [1.165, 1.54) is 0 Å². The standard InChI is InChI=1S/C6H10O6/c7-1-3(9)5(11)6(12)4(10)2-8/h1-6,9-12H/t3-,4?,5+,6+/m0/s1. The Kier molecular flexibility index (Phi) is 4.60. The minimum absolute atomic E-state index is 0.00852. The molecule has 0 aromatic rings. The first kappa shape index (κ1) is 11.2. The Hall–Kier alpha value is -0.820. The third-order valence-corrected chi connectivity index (χ3v) is 1.33. The van der Waals surface area contributed by atoms with Crippen molar-refractivity contribution >= 4 is 12.6 Å². The Morgan fingerprint density at radius 1 is 0.750 bits per heavy atom. The molecule has 0 rings (SSSR count). The summed E-state index contributed by atoms with van der Waals surface area (Å²) < 4.78 is 0. The van der Waals surface area contributed by atoms with Gasteiger partial charge in [0, 0.05) is 0 Å². The second-order valence-electron chi connectivity index (χ2n) is 2.23. The molecule has 0 spiro atoms. The molecule has 0 bridgehead atoms. The second kappa shape index (κ2) is 4.94. The highest BCUT2D eigenvalue weighted by Crippen LogP contribution is 2.01. The van der Waals surface area contributed by atoms with E-state index in [1.54, 1.807) is 0 Å². The van der Waals surface area contributed by atoms with Crippen molar-refractivity contribution in [2.24, 2.45) is 0 Å². The molecule has 12 heavy (non-hydrogen) atoms. The summed E-state index contributed by atoms with van der Waals surface area (Å²) in [4.78, 5) is 19.7. The minimum atomic E-state index is -1.86. The molecule has 6 heteroatoms. The predicted molar refractivity (Wildman–Crippen MR) is 36.2 cm³/mol. The monoisotopic (exact) mass is 178 g/mol. The molecule has 1 unspecified atom stereocenters. The molecule has 0 amide bonds. The number of hydrogen-bond acceptors (Lipinski definition) is 6. The van der Waals surface area contributed by atoms with E-state index in [0.717, 1.165) is 0 Å². The molecule has 0 aliphatic rings. The fourth-order valence-corrected chi connectivity index (χ4v) is 0.565. The summed E-state index contributed by atoms with van der Waals surface area (Å²) >= 11 is 0. The maximum Gasteiger partial charge on any atom is 0.151 e. The molecule has 70 valence electrons. The number of carbonyl (C=O) groups excluding carboxylic acids is 2. The van der Waals surface area contributed by atoms with Gasteiger partial charge in [-0.15, -0.1) is 0 Å².